The molecule has 0 bridgehead atoms. The fourth-order valence-corrected chi connectivity index (χ4v) is 3.11. The van der Waals surface area contributed by atoms with Crippen LogP contribution < -0.4 is 10.6 Å². The van der Waals surface area contributed by atoms with Crippen molar-refractivity contribution >= 4 is 22.9 Å². The van der Waals surface area contributed by atoms with Gasteiger partial charge in [0.05, 0.1) is 5.69 Å². The van der Waals surface area contributed by atoms with Gasteiger partial charge in [0.2, 0.25) is 5.91 Å². The average molecular weight is 222 g/mol. The minimum Gasteiger partial charge on any atom is -0.325 e. The van der Waals surface area contributed by atoms with Gasteiger partial charge in [-0.15, -0.1) is 0 Å². The molecular formula is C11H14N2OS. The van der Waals surface area contributed by atoms with Crippen molar-refractivity contribution in [2.75, 3.05) is 18.4 Å². The van der Waals surface area contributed by atoms with Crippen molar-refractivity contribution in [2.24, 2.45) is 11.3 Å². The first-order valence-electron chi connectivity index (χ1n) is 5.34. The fraction of sp³-hybridized carbons (Fsp3) is 0.545. The molecule has 2 aliphatic rings. The van der Waals surface area contributed by atoms with Gasteiger partial charge in [-0.1, -0.05) is 0 Å². The van der Waals surface area contributed by atoms with E-state index in [-0.39, 0.29) is 11.8 Å². The molecule has 2 unspecified atom stereocenters. The number of anilines is 1. The maximum atomic E-state index is 11.9. The van der Waals surface area contributed by atoms with Crippen molar-refractivity contribution in [2.45, 2.75) is 12.8 Å². The second-order valence-corrected chi connectivity index (χ2v) is 5.33. The quantitative estimate of drug-likeness (QED) is 0.799. The van der Waals surface area contributed by atoms with Crippen molar-refractivity contribution in [3.63, 3.8) is 0 Å². The number of carbonyl (C=O) groups excluding carboxylic acids is 1. The summed E-state index contributed by atoms with van der Waals surface area (Å²) >= 11 is 1.61. The monoisotopic (exact) mass is 222 g/mol. The second-order valence-electron chi connectivity index (χ2n) is 4.55. The Morgan fingerprint density at radius 1 is 1.67 bits per heavy atom. The standard InChI is InChI=1S/C11H14N2OS/c14-10(13-8-1-4-15-6-8)9-5-11(9)2-3-12-7-11/h1,4,6,9,12H,2-3,5,7H2,(H,13,14). The van der Waals surface area contributed by atoms with Gasteiger partial charge in [0.25, 0.3) is 0 Å². The van der Waals surface area contributed by atoms with Crippen LogP contribution in [0.25, 0.3) is 0 Å². The van der Waals surface area contributed by atoms with E-state index in [1.54, 1.807) is 11.3 Å². The smallest absolute Gasteiger partial charge is 0.228 e. The number of carbonyl (C=O) groups is 1. The van der Waals surface area contributed by atoms with Crippen LogP contribution in [0, 0.1) is 11.3 Å². The zero-order chi connectivity index (χ0) is 10.3. The number of hydrogen-bond acceptors (Lipinski definition) is 3. The molecule has 80 valence electrons. The summed E-state index contributed by atoms with van der Waals surface area (Å²) in [5.41, 5.74) is 1.25. The molecule has 1 saturated heterocycles. The van der Waals surface area contributed by atoms with E-state index in [2.05, 4.69) is 10.6 Å². The van der Waals surface area contributed by atoms with E-state index in [9.17, 15) is 4.79 Å². The molecule has 1 saturated carbocycles. The lowest BCUT2D eigenvalue weighted by molar-refractivity contribution is -0.118. The molecule has 3 nitrogen and oxygen atoms in total. The molecule has 3 rings (SSSR count). The molecule has 2 fully saturated rings. The number of hydrogen-bond donors (Lipinski definition) is 2. The summed E-state index contributed by atoms with van der Waals surface area (Å²) in [6.07, 6.45) is 2.23. The van der Waals surface area contributed by atoms with Gasteiger partial charge in [0.1, 0.15) is 0 Å². The van der Waals surface area contributed by atoms with Crippen molar-refractivity contribution in [1.29, 1.82) is 0 Å². The molecular weight excluding hydrogens is 208 g/mol. The number of rotatable bonds is 2. The highest BCUT2D eigenvalue weighted by molar-refractivity contribution is 7.08. The van der Waals surface area contributed by atoms with Gasteiger partial charge in [-0.2, -0.15) is 11.3 Å². The Bertz CT molecular complexity index is 368. The van der Waals surface area contributed by atoms with E-state index >= 15 is 0 Å². The summed E-state index contributed by atoms with van der Waals surface area (Å²) in [7, 11) is 0. The Hall–Kier alpha value is -0.870. The Morgan fingerprint density at radius 2 is 2.60 bits per heavy atom. The first-order valence-corrected chi connectivity index (χ1v) is 6.28. The highest BCUT2D eigenvalue weighted by Gasteiger charge is 2.58. The minimum atomic E-state index is 0.206. The third-order valence-corrected chi connectivity index (χ3v) is 4.25. The van der Waals surface area contributed by atoms with E-state index in [0.29, 0.717) is 5.41 Å². The lowest BCUT2D eigenvalue weighted by Gasteiger charge is -2.07. The number of thiophene rings is 1. The third-order valence-electron chi connectivity index (χ3n) is 3.57. The molecule has 0 radical (unpaired) electrons. The van der Waals surface area contributed by atoms with Crippen LogP contribution in [0.3, 0.4) is 0 Å². The van der Waals surface area contributed by atoms with Crippen LogP contribution in [0.15, 0.2) is 16.8 Å². The van der Waals surface area contributed by atoms with Crippen LogP contribution in [-0.2, 0) is 4.79 Å². The van der Waals surface area contributed by atoms with Gasteiger partial charge in [0, 0.05) is 17.8 Å². The molecule has 1 amide bonds. The summed E-state index contributed by atoms with van der Waals surface area (Å²) < 4.78 is 0. The lowest BCUT2D eigenvalue weighted by Crippen LogP contribution is -2.20. The van der Waals surface area contributed by atoms with Gasteiger partial charge in [0.15, 0.2) is 0 Å². The summed E-state index contributed by atoms with van der Waals surface area (Å²) in [4.78, 5) is 11.9. The van der Waals surface area contributed by atoms with Crippen LogP contribution >= 0.6 is 11.3 Å². The maximum Gasteiger partial charge on any atom is 0.228 e. The summed E-state index contributed by atoms with van der Waals surface area (Å²) in [6.45, 7) is 2.09. The van der Waals surface area contributed by atoms with Crippen LogP contribution in [-0.4, -0.2) is 19.0 Å². The zero-order valence-corrected chi connectivity index (χ0v) is 9.27. The highest BCUT2D eigenvalue weighted by atomic mass is 32.1. The maximum absolute atomic E-state index is 11.9. The Balaban J connectivity index is 1.63. The first kappa shape index (κ1) is 9.36. The number of nitrogens with one attached hydrogen (secondary N) is 2. The molecule has 2 heterocycles. The molecule has 2 atom stereocenters. The molecule has 1 aromatic heterocycles. The van der Waals surface area contributed by atoms with E-state index in [1.807, 2.05) is 16.8 Å². The Morgan fingerprint density at radius 3 is 3.27 bits per heavy atom. The Labute approximate surface area is 92.9 Å². The van der Waals surface area contributed by atoms with Crippen LogP contribution in [0.4, 0.5) is 5.69 Å². The molecule has 1 aliphatic heterocycles. The van der Waals surface area contributed by atoms with Crippen LogP contribution in [0.5, 0.6) is 0 Å². The van der Waals surface area contributed by atoms with Crippen molar-refractivity contribution in [1.82, 2.24) is 5.32 Å². The van der Waals surface area contributed by atoms with E-state index in [1.165, 1.54) is 0 Å². The van der Waals surface area contributed by atoms with E-state index in [0.717, 1.165) is 31.6 Å². The van der Waals surface area contributed by atoms with Crippen LogP contribution in [0.2, 0.25) is 0 Å². The van der Waals surface area contributed by atoms with Gasteiger partial charge in [-0.3, -0.25) is 4.79 Å². The van der Waals surface area contributed by atoms with E-state index in [4.69, 9.17) is 0 Å². The molecule has 4 heteroatoms. The molecule has 1 aliphatic carbocycles. The lowest BCUT2D eigenvalue weighted by atomic mass is 10.0. The van der Waals surface area contributed by atoms with Gasteiger partial charge in [-0.05, 0) is 36.2 Å². The fourth-order valence-electron chi connectivity index (χ4n) is 2.52. The predicted octanol–water partition coefficient (Wildman–Crippen LogP) is 1.69. The van der Waals surface area contributed by atoms with Gasteiger partial charge in [-0.25, -0.2) is 0 Å². The molecule has 0 aromatic carbocycles. The Kier molecular flexibility index (Phi) is 2.07. The first-order chi connectivity index (χ1) is 7.30. The minimum absolute atomic E-state index is 0.206. The number of amides is 1. The van der Waals surface area contributed by atoms with Gasteiger partial charge >= 0.3 is 0 Å². The van der Waals surface area contributed by atoms with Crippen molar-refractivity contribution < 1.29 is 4.79 Å². The predicted molar refractivity (Wildman–Crippen MR) is 61.0 cm³/mol. The summed E-state index contributed by atoms with van der Waals surface area (Å²) in [5.74, 6) is 0.449. The zero-order valence-electron chi connectivity index (χ0n) is 8.45. The normalized spacial score (nSPS) is 33.2. The van der Waals surface area contributed by atoms with E-state index < -0.39 is 0 Å². The molecule has 2 N–H and O–H groups in total. The largest absolute Gasteiger partial charge is 0.325 e. The molecule has 15 heavy (non-hydrogen) atoms. The molecule has 1 aromatic rings. The third kappa shape index (κ3) is 1.58. The van der Waals surface area contributed by atoms with Crippen LogP contribution in [0.1, 0.15) is 12.8 Å². The van der Waals surface area contributed by atoms with Gasteiger partial charge < -0.3 is 10.6 Å². The second kappa shape index (κ2) is 3.32. The van der Waals surface area contributed by atoms with Crippen molar-refractivity contribution in [3.05, 3.63) is 16.8 Å². The van der Waals surface area contributed by atoms with Crippen molar-refractivity contribution in [3.8, 4) is 0 Å². The molecule has 1 spiro atoms. The SMILES string of the molecule is O=C(Nc1ccsc1)C1CC12CCNC2. The summed E-state index contributed by atoms with van der Waals surface area (Å²) in [5, 5.41) is 10.3. The average Bonchev–Trinajstić information content (AvgIpc) is 2.63. The summed E-state index contributed by atoms with van der Waals surface area (Å²) in [6, 6.07) is 1.95. The topological polar surface area (TPSA) is 41.1 Å². The highest BCUT2D eigenvalue weighted by Crippen LogP contribution is 2.56.